The quantitative estimate of drug-likeness (QED) is 0.0230. The molecule has 18 heteroatoms. The first-order valence-electron chi connectivity index (χ1n) is 19.4. The summed E-state index contributed by atoms with van der Waals surface area (Å²) in [6.45, 7) is 2.59. The molecule has 0 fully saturated rings. The Kier molecular flexibility index (Phi) is 13.2. The number of carbonyl (C=O) groups excluding carboxylic acids is 2. The van der Waals surface area contributed by atoms with E-state index in [-0.39, 0.29) is 47.0 Å². The van der Waals surface area contributed by atoms with Crippen molar-refractivity contribution in [3.8, 4) is 16.8 Å². The monoisotopic (exact) mass is 845 g/mol. The summed E-state index contributed by atoms with van der Waals surface area (Å²) >= 11 is 0. The van der Waals surface area contributed by atoms with Gasteiger partial charge in [-0.3, -0.25) is 14.7 Å². The number of esters is 1. The van der Waals surface area contributed by atoms with Crippen LogP contribution >= 0.6 is 0 Å². The van der Waals surface area contributed by atoms with Crippen LogP contribution in [0.1, 0.15) is 42.1 Å². The zero-order chi connectivity index (χ0) is 42.8. The molecule has 0 saturated heterocycles. The van der Waals surface area contributed by atoms with Crippen LogP contribution in [-0.4, -0.2) is 87.5 Å². The summed E-state index contributed by atoms with van der Waals surface area (Å²) in [6, 6.07) is 32.6. The second kappa shape index (κ2) is 19.3. The highest BCUT2D eigenvalue weighted by atomic mass is 32.2. The predicted molar refractivity (Wildman–Crippen MR) is 222 cm³/mol. The molecule has 3 aromatic carbocycles. The first-order valence-corrected chi connectivity index (χ1v) is 20.9. The number of rotatable bonds is 18. The number of nitrogens with zero attached hydrogens (tertiary/aromatic N) is 9. The highest BCUT2D eigenvalue weighted by molar-refractivity contribution is 7.89. The summed E-state index contributed by atoms with van der Waals surface area (Å²) < 4.78 is 42.4. The number of fused-ring (bicyclic) bond motifs is 3. The Balaban J connectivity index is 1.14. The minimum Gasteiger partial charge on any atom is -0.569 e. The fourth-order valence-corrected chi connectivity index (χ4v) is 8.27. The van der Waals surface area contributed by atoms with Crippen molar-refractivity contribution in [1.82, 2.24) is 29.1 Å². The van der Waals surface area contributed by atoms with Crippen LogP contribution in [0, 0.1) is 5.21 Å². The fourth-order valence-electron chi connectivity index (χ4n) is 6.91. The van der Waals surface area contributed by atoms with Crippen LogP contribution in [0.3, 0.4) is 0 Å². The van der Waals surface area contributed by atoms with E-state index >= 15 is 0 Å². The number of benzene rings is 3. The van der Waals surface area contributed by atoms with Gasteiger partial charge in [-0.05, 0) is 84.1 Å². The van der Waals surface area contributed by atoms with Crippen molar-refractivity contribution in [2.45, 2.75) is 37.8 Å². The van der Waals surface area contributed by atoms with E-state index in [4.69, 9.17) is 14.3 Å². The van der Waals surface area contributed by atoms with Gasteiger partial charge in [0.2, 0.25) is 15.3 Å². The van der Waals surface area contributed by atoms with Gasteiger partial charge in [0, 0.05) is 37.3 Å². The minimum absolute atomic E-state index is 0.00755. The van der Waals surface area contributed by atoms with Gasteiger partial charge >= 0.3 is 12.1 Å². The van der Waals surface area contributed by atoms with Crippen molar-refractivity contribution >= 4 is 27.9 Å². The minimum atomic E-state index is -4.13. The van der Waals surface area contributed by atoms with Crippen molar-refractivity contribution < 1.29 is 37.3 Å². The molecule has 1 aliphatic carbocycles. The summed E-state index contributed by atoms with van der Waals surface area (Å²) in [5.41, 5.74) is 5.81. The van der Waals surface area contributed by atoms with Gasteiger partial charge in [0.05, 0.1) is 36.0 Å². The van der Waals surface area contributed by atoms with Gasteiger partial charge in [-0.1, -0.05) is 66.7 Å². The standard InChI is InChI=1S/C43H43N9O8S/c1-3-48(4-2)52(55)47-60-31-59-42(53)29-50(43(54)58-30-40-38-16-7-5-14-36(38)37-15-6-8-17-39(37)40)41-18-9-12-33(46-41)28-49(61(56,57)35-13-10-23-44-26-35)27-32-19-21-34(22-20-32)51-25-11-24-45-51/h5-26,40H,3-4,27-31H2,1-2H3/b52-47+. The molecule has 61 heavy (non-hydrogen) atoms. The number of carbonyl (C=O) groups is 2. The van der Waals surface area contributed by atoms with Crippen molar-refractivity contribution in [2.24, 2.45) is 5.28 Å². The lowest BCUT2D eigenvalue weighted by molar-refractivity contribution is -0.710. The third kappa shape index (κ3) is 9.83. The molecule has 1 amide bonds. The number of anilines is 1. The molecule has 3 heterocycles. The molecule has 0 unspecified atom stereocenters. The van der Waals surface area contributed by atoms with Crippen molar-refractivity contribution in [3.63, 3.8) is 0 Å². The molecule has 6 aromatic rings. The molecule has 0 saturated carbocycles. The number of aromatic nitrogens is 4. The topological polar surface area (TPSA) is 188 Å². The Morgan fingerprint density at radius 2 is 1.56 bits per heavy atom. The van der Waals surface area contributed by atoms with Crippen molar-refractivity contribution in [3.05, 3.63) is 162 Å². The van der Waals surface area contributed by atoms with E-state index in [1.54, 1.807) is 49.1 Å². The third-order valence-electron chi connectivity index (χ3n) is 9.96. The second-order valence-corrected chi connectivity index (χ2v) is 15.6. The lowest BCUT2D eigenvalue weighted by Crippen LogP contribution is -2.38. The van der Waals surface area contributed by atoms with Crippen LogP contribution in [0.4, 0.5) is 10.6 Å². The summed E-state index contributed by atoms with van der Waals surface area (Å²) in [4.78, 5) is 42.2. The molecule has 0 spiro atoms. The SMILES string of the molecule is CCN(CC)/[N+]([O-])=N\OCOC(=O)CN(C(=O)OCC1c2ccccc2-c2ccccc21)c1cccc(CN(Cc2ccc(-n3cccn3)cc2)S(=O)(=O)c2cccnc2)n1. The van der Waals surface area contributed by atoms with E-state index in [0.29, 0.717) is 18.7 Å². The zero-order valence-corrected chi connectivity index (χ0v) is 34.2. The molecule has 314 valence electrons. The lowest BCUT2D eigenvalue weighted by Gasteiger charge is -2.24. The maximum Gasteiger partial charge on any atom is 0.416 e. The molecule has 1 aliphatic rings. The van der Waals surface area contributed by atoms with Crippen LogP contribution in [-0.2, 0) is 42.2 Å². The van der Waals surface area contributed by atoms with Gasteiger partial charge < -0.3 is 19.5 Å². The normalized spacial score (nSPS) is 12.4. The second-order valence-electron chi connectivity index (χ2n) is 13.7. The molecule has 3 aromatic heterocycles. The van der Waals surface area contributed by atoms with Gasteiger partial charge in [-0.2, -0.15) is 9.40 Å². The van der Waals surface area contributed by atoms with Gasteiger partial charge in [0.15, 0.2) is 0 Å². The molecule has 0 aliphatic heterocycles. The van der Waals surface area contributed by atoms with Crippen LogP contribution < -0.4 is 4.90 Å². The predicted octanol–water partition coefficient (Wildman–Crippen LogP) is 6.46. The average molecular weight is 846 g/mol. The molecule has 0 N–H and O–H groups in total. The number of hydrogen-bond donors (Lipinski definition) is 0. The van der Waals surface area contributed by atoms with E-state index < -0.39 is 35.4 Å². The Hall–Kier alpha value is -7.18. The Bertz CT molecular complexity index is 2530. The first-order chi connectivity index (χ1) is 29.7. The lowest BCUT2D eigenvalue weighted by atomic mass is 9.98. The van der Waals surface area contributed by atoms with Crippen LogP contribution in [0.15, 0.2) is 144 Å². The maximum absolute atomic E-state index is 14.1. The van der Waals surface area contributed by atoms with E-state index in [1.807, 2.05) is 72.8 Å². The number of ether oxygens (including phenoxy) is 2. The van der Waals surface area contributed by atoms with E-state index in [2.05, 4.69) is 20.3 Å². The number of hydrogen-bond acceptors (Lipinski definition) is 12. The van der Waals surface area contributed by atoms with Crippen LogP contribution in [0.5, 0.6) is 0 Å². The first kappa shape index (κ1) is 42.0. The smallest absolute Gasteiger partial charge is 0.416 e. The van der Waals surface area contributed by atoms with Gasteiger partial charge in [-0.25, -0.2) is 22.9 Å². The Morgan fingerprint density at radius 1 is 0.836 bits per heavy atom. The summed E-state index contributed by atoms with van der Waals surface area (Å²) in [6.07, 6.45) is 5.32. The largest absolute Gasteiger partial charge is 0.569 e. The highest BCUT2D eigenvalue weighted by Crippen LogP contribution is 2.44. The number of sulfonamides is 1. The number of amides is 1. The molecular formula is C43H43N9O8S. The average Bonchev–Trinajstić information content (AvgIpc) is 3.94. The number of hydrazine groups is 1. The molecule has 17 nitrogen and oxygen atoms in total. The van der Waals surface area contributed by atoms with Gasteiger partial charge in [0.1, 0.15) is 23.9 Å². The molecular weight excluding hydrogens is 803 g/mol. The zero-order valence-electron chi connectivity index (χ0n) is 33.4. The molecule has 0 radical (unpaired) electrons. The summed E-state index contributed by atoms with van der Waals surface area (Å²) in [5, 5.41) is 21.1. The van der Waals surface area contributed by atoms with Crippen LogP contribution in [0.25, 0.3) is 16.8 Å². The fraction of sp³-hybridized carbons (Fsp3) is 0.233. The van der Waals surface area contributed by atoms with E-state index in [1.165, 1.54) is 39.9 Å². The summed E-state index contributed by atoms with van der Waals surface area (Å²) in [5.74, 6) is -1.21. The maximum atomic E-state index is 14.1. The van der Waals surface area contributed by atoms with Crippen molar-refractivity contribution in [2.75, 3.05) is 37.9 Å². The van der Waals surface area contributed by atoms with E-state index in [9.17, 15) is 23.2 Å². The Morgan fingerprint density at radius 3 is 2.21 bits per heavy atom. The Labute approximate surface area is 352 Å². The number of pyridine rings is 2. The van der Waals surface area contributed by atoms with Crippen LogP contribution in [0.2, 0.25) is 0 Å². The molecule has 7 rings (SSSR count). The van der Waals surface area contributed by atoms with Gasteiger partial charge in [-0.15, -0.1) is 5.01 Å². The van der Waals surface area contributed by atoms with Crippen molar-refractivity contribution in [1.29, 1.82) is 0 Å². The highest BCUT2D eigenvalue weighted by Gasteiger charge is 2.32. The summed E-state index contributed by atoms with van der Waals surface area (Å²) in [7, 11) is -4.13. The third-order valence-corrected chi connectivity index (χ3v) is 11.7. The molecule has 0 atom stereocenters. The molecule has 0 bridgehead atoms. The van der Waals surface area contributed by atoms with E-state index in [0.717, 1.165) is 32.8 Å². The van der Waals surface area contributed by atoms with Gasteiger partial charge in [0.25, 0.3) is 6.79 Å².